The van der Waals surface area contributed by atoms with Gasteiger partial charge in [0.05, 0.1) is 11.2 Å². The molecule has 0 aliphatic heterocycles. The monoisotopic (exact) mass is 313 g/mol. The summed E-state index contributed by atoms with van der Waals surface area (Å²) in [5.74, 6) is 0.893. The zero-order valence-corrected chi connectivity index (χ0v) is 13.9. The van der Waals surface area contributed by atoms with E-state index in [1.165, 1.54) is 10.9 Å². The third-order valence-corrected chi connectivity index (χ3v) is 4.04. The predicted molar refractivity (Wildman–Crippen MR) is 92.8 cm³/mol. The fourth-order valence-electron chi connectivity index (χ4n) is 2.76. The van der Waals surface area contributed by atoms with E-state index in [1.54, 1.807) is 0 Å². The first-order valence-corrected chi connectivity index (χ1v) is 7.91. The van der Waals surface area contributed by atoms with Crippen molar-refractivity contribution in [3.8, 4) is 5.75 Å². The van der Waals surface area contributed by atoms with Gasteiger partial charge in [0.15, 0.2) is 0 Å². The van der Waals surface area contributed by atoms with E-state index in [1.807, 2.05) is 24.3 Å². The summed E-state index contributed by atoms with van der Waals surface area (Å²) in [5, 5.41) is 1.96. The molecule has 0 saturated carbocycles. The Morgan fingerprint density at radius 3 is 2.45 bits per heavy atom. The van der Waals surface area contributed by atoms with Gasteiger partial charge in [0.1, 0.15) is 12.4 Å². The molecule has 0 atom stereocenters. The van der Waals surface area contributed by atoms with Crippen LogP contribution in [0.5, 0.6) is 5.75 Å². The molecule has 22 heavy (non-hydrogen) atoms. The van der Waals surface area contributed by atoms with Crippen molar-refractivity contribution in [1.82, 2.24) is 4.57 Å². The van der Waals surface area contributed by atoms with Crippen LogP contribution in [0.2, 0.25) is 5.02 Å². The largest absolute Gasteiger partial charge is 0.487 e. The minimum absolute atomic E-state index is 0.354. The van der Waals surface area contributed by atoms with Crippen LogP contribution in [-0.4, -0.2) is 4.57 Å². The van der Waals surface area contributed by atoms with E-state index in [2.05, 4.69) is 49.6 Å². The SMILES string of the molecule is Cc1ccc(OCc2cc3ccc(Cl)cc3n2C(C)C)cc1. The highest BCUT2D eigenvalue weighted by Gasteiger charge is 2.12. The fraction of sp³-hybridized carbons (Fsp3) is 0.263. The Labute approximate surface area is 136 Å². The lowest BCUT2D eigenvalue weighted by Crippen LogP contribution is -2.08. The van der Waals surface area contributed by atoms with Gasteiger partial charge in [-0.25, -0.2) is 0 Å². The molecule has 0 radical (unpaired) electrons. The Morgan fingerprint density at radius 2 is 1.77 bits per heavy atom. The smallest absolute Gasteiger partial charge is 0.128 e. The molecule has 114 valence electrons. The molecule has 0 amide bonds. The summed E-state index contributed by atoms with van der Waals surface area (Å²) in [6.07, 6.45) is 0. The van der Waals surface area contributed by atoms with Gasteiger partial charge in [-0.15, -0.1) is 0 Å². The number of aromatic nitrogens is 1. The standard InChI is InChI=1S/C19H20ClNO/c1-13(2)21-17(10-15-6-7-16(20)11-19(15)21)12-22-18-8-4-14(3)5-9-18/h4-11,13H,12H2,1-3H3. The van der Waals surface area contributed by atoms with Crippen LogP contribution in [-0.2, 0) is 6.61 Å². The van der Waals surface area contributed by atoms with Crippen LogP contribution in [0, 0.1) is 6.92 Å². The molecule has 2 aromatic carbocycles. The minimum atomic E-state index is 0.354. The topological polar surface area (TPSA) is 14.2 Å². The van der Waals surface area contributed by atoms with Gasteiger partial charge < -0.3 is 9.30 Å². The molecule has 0 bridgehead atoms. The van der Waals surface area contributed by atoms with Crippen LogP contribution >= 0.6 is 11.6 Å². The Kier molecular flexibility index (Phi) is 4.12. The van der Waals surface area contributed by atoms with Crippen LogP contribution in [0.4, 0.5) is 0 Å². The zero-order valence-electron chi connectivity index (χ0n) is 13.1. The third-order valence-electron chi connectivity index (χ3n) is 3.81. The molecule has 0 unspecified atom stereocenters. The normalized spacial score (nSPS) is 11.3. The van der Waals surface area contributed by atoms with Gasteiger partial charge in [-0.3, -0.25) is 0 Å². The molecular weight excluding hydrogens is 294 g/mol. The third kappa shape index (κ3) is 2.97. The Balaban J connectivity index is 1.92. The summed E-state index contributed by atoms with van der Waals surface area (Å²) in [5.41, 5.74) is 3.55. The minimum Gasteiger partial charge on any atom is -0.487 e. The lowest BCUT2D eigenvalue weighted by atomic mass is 10.2. The maximum absolute atomic E-state index is 6.15. The van der Waals surface area contributed by atoms with E-state index in [4.69, 9.17) is 16.3 Å². The number of ether oxygens (including phenoxy) is 1. The Morgan fingerprint density at radius 1 is 1.05 bits per heavy atom. The highest BCUT2D eigenvalue weighted by atomic mass is 35.5. The van der Waals surface area contributed by atoms with Crippen molar-refractivity contribution in [2.45, 2.75) is 33.4 Å². The van der Waals surface area contributed by atoms with Gasteiger partial charge in [-0.05, 0) is 51.1 Å². The summed E-state index contributed by atoms with van der Waals surface area (Å²) >= 11 is 6.15. The molecule has 0 aliphatic carbocycles. The fourth-order valence-corrected chi connectivity index (χ4v) is 2.93. The summed E-state index contributed by atoms with van der Waals surface area (Å²) in [7, 11) is 0. The van der Waals surface area contributed by atoms with Crippen LogP contribution in [0.1, 0.15) is 31.1 Å². The van der Waals surface area contributed by atoms with Gasteiger partial charge in [0.2, 0.25) is 0 Å². The number of hydrogen-bond acceptors (Lipinski definition) is 1. The van der Waals surface area contributed by atoms with Crippen LogP contribution < -0.4 is 4.74 Å². The molecule has 0 N–H and O–H groups in total. The highest BCUT2D eigenvalue weighted by Crippen LogP contribution is 2.27. The van der Waals surface area contributed by atoms with Gasteiger partial charge in [-0.2, -0.15) is 0 Å². The molecule has 3 aromatic rings. The highest BCUT2D eigenvalue weighted by molar-refractivity contribution is 6.31. The van der Waals surface area contributed by atoms with E-state index < -0.39 is 0 Å². The molecule has 0 fully saturated rings. The lowest BCUT2D eigenvalue weighted by Gasteiger charge is -2.15. The first-order valence-electron chi connectivity index (χ1n) is 7.53. The van der Waals surface area contributed by atoms with E-state index in [0.717, 1.165) is 22.0 Å². The van der Waals surface area contributed by atoms with Crippen molar-refractivity contribution in [3.63, 3.8) is 0 Å². The van der Waals surface area contributed by atoms with Crippen LogP contribution in [0.25, 0.3) is 10.9 Å². The van der Waals surface area contributed by atoms with E-state index >= 15 is 0 Å². The first-order chi connectivity index (χ1) is 10.5. The number of fused-ring (bicyclic) bond motifs is 1. The number of rotatable bonds is 4. The van der Waals surface area contributed by atoms with Gasteiger partial charge in [0, 0.05) is 16.5 Å². The Bertz CT molecular complexity index is 787. The molecule has 2 nitrogen and oxygen atoms in total. The number of hydrogen-bond donors (Lipinski definition) is 0. The molecule has 0 aliphatic rings. The van der Waals surface area contributed by atoms with Gasteiger partial charge >= 0.3 is 0 Å². The maximum Gasteiger partial charge on any atom is 0.128 e. The zero-order chi connectivity index (χ0) is 15.7. The van der Waals surface area contributed by atoms with Crippen molar-refractivity contribution in [3.05, 3.63) is 64.8 Å². The second-order valence-electron chi connectivity index (χ2n) is 5.90. The van der Waals surface area contributed by atoms with Crippen molar-refractivity contribution >= 4 is 22.5 Å². The molecule has 0 spiro atoms. The van der Waals surface area contributed by atoms with Gasteiger partial charge in [0.25, 0.3) is 0 Å². The van der Waals surface area contributed by atoms with Crippen LogP contribution in [0.15, 0.2) is 48.5 Å². The average molecular weight is 314 g/mol. The van der Waals surface area contributed by atoms with E-state index in [-0.39, 0.29) is 0 Å². The van der Waals surface area contributed by atoms with Crippen molar-refractivity contribution in [2.24, 2.45) is 0 Å². The number of benzene rings is 2. The molecule has 3 heteroatoms. The number of nitrogens with zero attached hydrogens (tertiary/aromatic N) is 1. The van der Waals surface area contributed by atoms with Crippen molar-refractivity contribution in [1.29, 1.82) is 0 Å². The number of aryl methyl sites for hydroxylation is 1. The lowest BCUT2D eigenvalue weighted by molar-refractivity contribution is 0.293. The molecule has 0 saturated heterocycles. The molecule has 3 rings (SSSR count). The van der Waals surface area contributed by atoms with Crippen LogP contribution in [0.3, 0.4) is 0 Å². The summed E-state index contributed by atoms with van der Waals surface area (Å²) in [4.78, 5) is 0. The molecule has 1 aromatic heterocycles. The Hall–Kier alpha value is -1.93. The first kappa shape index (κ1) is 15.0. The summed E-state index contributed by atoms with van der Waals surface area (Å²) < 4.78 is 8.23. The summed E-state index contributed by atoms with van der Waals surface area (Å²) in [6, 6.07) is 16.7. The van der Waals surface area contributed by atoms with Crippen molar-refractivity contribution in [2.75, 3.05) is 0 Å². The maximum atomic E-state index is 6.15. The van der Waals surface area contributed by atoms with E-state index in [0.29, 0.717) is 12.6 Å². The average Bonchev–Trinajstić information content (AvgIpc) is 2.84. The molecular formula is C19H20ClNO. The van der Waals surface area contributed by atoms with Gasteiger partial charge in [-0.1, -0.05) is 35.4 Å². The second-order valence-corrected chi connectivity index (χ2v) is 6.34. The van der Waals surface area contributed by atoms with E-state index in [9.17, 15) is 0 Å². The predicted octanol–water partition coefficient (Wildman–Crippen LogP) is 5.76. The number of halogens is 1. The molecule has 1 heterocycles. The summed E-state index contributed by atoms with van der Waals surface area (Å²) in [6.45, 7) is 6.98. The van der Waals surface area contributed by atoms with Crippen molar-refractivity contribution < 1.29 is 4.74 Å². The second kappa shape index (κ2) is 6.05. The quantitative estimate of drug-likeness (QED) is 0.597.